The lowest BCUT2D eigenvalue weighted by Crippen LogP contribution is -2.41. The zero-order chi connectivity index (χ0) is 25.4. The van der Waals surface area contributed by atoms with E-state index in [1.54, 1.807) is 31.2 Å². The van der Waals surface area contributed by atoms with Crippen molar-refractivity contribution in [1.29, 1.82) is 0 Å². The number of benzene rings is 1. The Morgan fingerprint density at radius 2 is 2.06 bits per heavy atom. The number of carbonyl (C=O) groups is 3. The number of aromatic nitrogens is 3. The van der Waals surface area contributed by atoms with Gasteiger partial charge in [0.15, 0.2) is 5.65 Å². The molecule has 2 amide bonds. The van der Waals surface area contributed by atoms with Crippen molar-refractivity contribution >= 4 is 46.2 Å². The molecule has 5 rings (SSSR count). The van der Waals surface area contributed by atoms with E-state index in [1.165, 1.54) is 6.20 Å². The highest BCUT2D eigenvalue weighted by Crippen LogP contribution is 2.46. The monoisotopic (exact) mass is 508 g/mol. The first-order chi connectivity index (χ1) is 17.4. The number of allylic oxidation sites excluding steroid dienone is 1. The summed E-state index contributed by atoms with van der Waals surface area (Å²) in [6.45, 7) is 1.72. The summed E-state index contributed by atoms with van der Waals surface area (Å²) in [6.07, 6.45) is 6.56. The van der Waals surface area contributed by atoms with Crippen LogP contribution in [0.5, 0.6) is 0 Å². The number of hydrogen-bond donors (Lipinski definition) is 4. The lowest BCUT2D eigenvalue weighted by atomic mass is 9.88. The van der Waals surface area contributed by atoms with Gasteiger partial charge in [-0.3, -0.25) is 14.4 Å². The summed E-state index contributed by atoms with van der Waals surface area (Å²) in [7, 11) is 0. The first-order valence-electron chi connectivity index (χ1n) is 11.7. The summed E-state index contributed by atoms with van der Waals surface area (Å²) in [5, 5.41) is 6.38. The Kier molecular flexibility index (Phi) is 6.36. The minimum atomic E-state index is -0.508. The molecule has 1 saturated carbocycles. The molecule has 0 spiro atoms. The summed E-state index contributed by atoms with van der Waals surface area (Å²) in [4.78, 5) is 48.4. The van der Waals surface area contributed by atoms with Crippen molar-refractivity contribution in [2.45, 2.75) is 19.4 Å². The second-order valence-corrected chi connectivity index (χ2v) is 9.29. The minimum absolute atomic E-state index is 0.121. The molecule has 2 aromatic heterocycles. The number of fused-ring (bicyclic) bond motifs is 3. The molecule has 2 bridgehead atoms. The van der Waals surface area contributed by atoms with Crippen LogP contribution >= 0.6 is 11.6 Å². The van der Waals surface area contributed by atoms with Gasteiger partial charge in [-0.15, -0.1) is 0 Å². The SMILES string of the molecule is CCOC(=O)CNC(=O)c1cccc(-c2nc3ncc(Cl)c(N[C@H]4[C@@H](C(N)=O)[C@@H]5C=C[C@H]4C5)c3[nH]2)c1. The van der Waals surface area contributed by atoms with Gasteiger partial charge in [-0.1, -0.05) is 35.9 Å². The van der Waals surface area contributed by atoms with Gasteiger partial charge in [-0.25, -0.2) is 9.97 Å². The Hall–Kier alpha value is -3.92. The summed E-state index contributed by atoms with van der Waals surface area (Å²) in [5.41, 5.74) is 8.34. The minimum Gasteiger partial charge on any atom is -0.465 e. The summed E-state index contributed by atoms with van der Waals surface area (Å²) >= 11 is 6.52. The third-order valence-corrected chi connectivity index (χ3v) is 6.96. The first-order valence-corrected chi connectivity index (χ1v) is 12.1. The van der Waals surface area contributed by atoms with Crippen molar-refractivity contribution in [2.75, 3.05) is 18.5 Å². The van der Waals surface area contributed by atoms with Gasteiger partial charge in [-0.05, 0) is 37.3 Å². The number of imidazole rings is 1. The van der Waals surface area contributed by atoms with Gasteiger partial charge in [0.2, 0.25) is 5.91 Å². The predicted molar refractivity (Wildman–Crippen MR) is 134 cm³/mol. The number of esters is 1. The molecule has 2 heterocycles. The largest absolute Gasteiger partial charge is 0.465 e. The lowest BCUT2D eigenvalue weighted by Gasteiger charge is -2.28. The molecule has 5 N–H and O–H groups in total. The summed E-state index contributed by atoms with van der Waals surface area (Å²) in [5.74, 6) is -0.795. The number of pyridine rings is 1. The Morgan fingerprint density at radius 3 is 2.83 bits per heavy atom. The Labute approximate surface area is 211 Å². The molecule has 1 aromatic carbocycles. The lowest BCUT2D eigenvalue weighted by molar-refractivity contribution is -0.141. The maximum atomic E-state index is 12.5. The Morgan fingerprint density at radius 1 is 1.25 bits per heavy atom. The number of hydrogen-bond acceptors (Lipinski definition) is 7. The van der Waals surface area contributed by atoms with E-state index in [4.69, 9.17) is 22.1 Å². The molecule has 36 heavy (non-hydrogen) atoms. The third kappa shape index (κ3) is 4.39. The third-order valence-electron chi connectivity index (χ3n) is 6.67. The molecule has 10 nitrogen and oxygen atoms in total. The van der Waals surface area contributed by atoms with Gasteiger partial charge < -0.3 is 26.1 Å². The van der Waals surface area contributed by atoms with E-state index < -0.39 is 11.9 Å². The van der Waals surface area contributed by atoms with E-state index in [2.05, 4.69) is 37.7 Å². The molecular formula is C25H25ClN6O4. The van der Waals surface area contributed by atoms with E-state index in [1.807, 2.05) is 0 Å². The van der Waals surface area contributed by atoms with Crippen LogP contribution in [0.25, 0.3) is 22.6 Å². The molecule has 0 saturated heterocycles. The van der Waals surface area contributed by atoms with Gasteiger partial charge >= 0.3 is 5.97 Å². The molecule has 0 aliphatic heterocycles. The van der Waals surface area contributed by atoms with E-state index >= 15 is 0 Å². The van der Waals surface area contributed by atoms with Crippen molar-refractivity contribution in [1.82, 2.24) is 20.3 Å². The van der Waals surface area contributed by atoms with Crippen LogP contribution in [-0.2, 0) is 14.3 Å². The fourth-order valence-corrected chi connectivity index (χ4v) is 5.26. The molecule has 2 aliphatic carbocycles. The van der Waals surface area contributed by atoms with Crippen LogP contribution in [0.2, 0.25) is 5.02 Å². The molecule has 11 heteroatoms. The van der Waals surface area contributed by atoms with E-state index in [9.17, 15) is 14.4 Å². The van der Waals surface area contributed by atoms with Crippen molar-refractivity contribution in [3.63, 3.8) is 0 Å². The van der Waals surface area contributed by atoms with E-state index in [0.717, 1.165) is 6.42 Å². The molecule has 2 aliphatic rings. The predicted octanol–water partition coefficient (Wildman–Crippen LogP) is 2.66. The second kappa shape index (κ2) is 9.62. The van der Waals surface area contributed by atoms with Gasteiger partial charge in [0.1, 0.15) is 17.9 Å². The topological polar surface area (TPSA) is 152 Å². The first kappa shape index (κ1) is 23.8. The number of halogens is 1. The van der Waals surface area contributed by atoms with Crippen LogP contribution in [0.4, 0.5) is 5.69 Å². The highest BCUT2D eigenvalue weighted by molar-refractivity contribution is 6.34. The van der Waals surface area contributed by atoms with Crippen molar-refractivity contribution in [2.24, 2.45) is 23.5 Å². The number of primary amides is 1. The number of ether oxygens (including phenoxy) is 1. The fourth-order valence-electron chi connectivity index (χ4n) is 5.06. The number of carbonyl (C=O) groups excluding carboxylic acids is 3. The van der Waals surface area contributed by atoms with Crippen LogP contribution in [0, 0.1) is 17.8 Å². The van der Waals surface area contributed by atoms with Crippen molar-refractivity contribution in [3.05, 3.63) is 53.2 Å². The zero-order valence-electron chi connectivity index (χ0n) is 19.5. The highest BCUT2D eigenvalue weighted by Gasteiger charge is 2.47. The number of rotatable bonds is 8. The number of amides is 2. The van der Waals surface area contributed by atoms with Crippen LogP contribution in [0.1, 0.15) is 23.7 Å². The van der Waals surface area contributed by atoms with Crippen LogP contribution in [0.3, 0.4) is 0 Å². The van der Waals surface area contributed by atoms with Gasteiger partial charge in [-0.2, -0.15) is 0 Å². The van der Waals surface area contributed by atoms with E-state index in [-0.39, 0.29) is 42.9 Å². The number of aromatic amines is 1. The number of nitrogens with zero attached hydrogens (tertiary/aromatic N) is 2. The van der Waals surface area contributed by atoms with Crippen molar-refractivity contribution in [3.8, 4) is 11.4 Å². The maximum absolute atomic E-state index is 12.5. The average molecular weight is 509 g/mol. The van der Waals surface area contributed by atoms with Gasteiger partial charge in [0, 0.05) is 17.2 Å². The quantitative estimate of drug-likeness (QED) is 0.269. The fraction of sp³-hybridized carbons (Fsp3) is 0.320. The molecular weight excluding hydrogens is 484 g/mol. The van der Waals surface area contributed by atoms with Crippen LogP contribution in [0.15, 0.2) is 42.6 Å². The van der Waals surface area contributed by atoms with Crippen LogP contribution < -0.4 is 16.4 Å². The molecule has 0 radical (unpaired) electrons. The molecule has 1 fully saturated rings. The summed E-state index contributed by atoms with van der Waals surface area (Å²) in [6, 6.07) is 6.65. The van der Waals surface area contributed by atoms with E-state index in [0.29, 0.717) is 38.8 Å². The number of anilines is 1. The molecule has 186 valence electrons. The highest BCUT2D eigenvalue weighted by atomic mass is 35.5. The standard InChI is InChI=1S/C25H25ClN6O4/c1-2-36-17(33)11-29-25(35)15-5-3-4-14(9-15)23-31-21-20(16(26)10-28-24(21)32-23)30-19-13-7-6-12(8-13)18(19)22(27)34/h3-7,9-10,12-13,18-19H,2,8,11H2,1H3,(H2,27,34)(H,29,35)(H2,28,30,31,32)/t12-,13+,18+,19-/m1/s1. The number of nitrogens with one attached hydrogen (secondary N) is 3. The Bertz CT molecular complexity index is 1390. The number of nitrogens with two attached hydrogens (primary N) is 1. The molecule has 0 unspecified atom stereocenters. The zero-order valence-corrected chi connectivity index (χ0v) is 20.2. The maximum Gasteiger partial charge on any atom is 0.325 e. The Balaban J connectivity index is 1.42. The average Bonchev–Trinajstić information content (AvgIpc) is 3.59. The van der Waals surface area contributed by atoms with Gasteiger partial charge in [0.05, 0.1) is 29.4 Å². The smallest absolute Gasteiger partial charge is 0.325 e. The van der Waals surface area contributed by atoms with Crippen molar-refractivity contribution < 1.29 is 19.1 Å². The second-order valence-electron chi connectivity index (χ2n) is 8.88. The number of H-pyrrole nitrogens is 1. The van der Waals surface area contributed by atoms with Crippen LogP contribution in [-0.4, -0.2) is 51.9 Å². The normalized spacial score (nSPS) is 22.1. The summed E-state index contributed by atoms with van der Waals surface area (Å²) < 4.78 is 4.84. The van der Waals surface area contributed by atoms with Gasteiger partial charge in [0.25, 0.3) is 5.91 Å². The molecule has 3 aromatic rings. The molecule has 4 atom stereocenters.